The largest absolute Gasteiger partial charge is 0.477 e. The number of H-pyrrole nitrogens is 1. The number of carbonyl (C=O) groups is 1. The van der Waals surface area contributed by atoms with Gasteiger partial charge in [0.1, 0.15) is 0 Å². The number of aromatic amines is 1. The second-order valence-electron chi connectivity index (χ2n) is 7.67. The van der Waals surface area contributed by atoms with E-state index >= 15 is 0 Å². The number of nitrogens with zero attached hydrogens (tertiary/aromatic N) is 3. The van der Waals surface area contributed by atoms with Crippen molar-refractivity contribution in [2.75, 3.05) is 31.2 Å². The van der Waals surface area contributed by atoms with Crippen LogP contribution in [0.5, 0.6) is 0 Å². The predicted octanol–water partition coefficient (Wildman–Crippen LogP) is 4.14. The number of hydrogen-bond donors (Lipinski definition) is 2. The summed E-state index contributed by atoms with van der Waals surface area (Å²) in [5.41, 5.74) is 6.81. The minimum Gasteiger partial charge on any atom is -0.477 e. The van der Waals surface area contributed by atoms with Crippen LogP contribution in [0.4, 0.5) is 5.69 Å². The van der Waals surface area contributed by atoms with E-state index in [-0.39, 0.29) is 5.69 Å². The summed E-state index contributed by atoms with van der Waals surface area (Å²) in [6.45, 7) is 5.44. The molecule has 7 nitrogen and oxygen atoms in total. The lowest BCUT2D eigenvalue weighted by Crippen LogP contribution is -2.36. The van der Waals surface area contributed by atoms with Crippen LogP contribution in [-0.2, 0) is 4.74 Å². The Balaban J connectivity index is 1.49. The number of hydrogen-bond acceptors (Lipinski definition) is 5. The molecule has 0 amide bonds. The molecule has 2 N–H and O–H groups in total. The molecule has 0 saturated carbocycles. The van der Waals surface area contributed by atoms with Gasteiger partial charge >= 0.3 is 5.97 Å². The average molecular weight is 414 g/mol. The van der Waals surface area contributed by atoms with Crippen molar-refractivity contribution in [1.82, 2.24) is 15.2 Å². The summed E-state index contributed by atoms with van der Waals surface area (Å²) >= 11 is 0. The lowest BCUT2D eigenvalue weighted by Gasteiger charge is -2.29. The van der Waals surface area contributed by atoms with E-state index < -0.39 is 5.97 Å². The van der Waals surface area contributed by atoms with Crippen LogP contribution >= 0.6 is 0 Å². The predicted molar refractivity (Wildman–Crippen MR) is 119 cm³/mol. The van der Waals surface area contributed by atoms with Crippen molar-refractivity contribution in [1.29, 1.82) is 0 Å². The molecule has 2 aromatic heterocycles. The molecule has 0 atom stereocenters. The van der Waals surface area contributed by atoms with Gasteiger partial charge in [-0.25, -0.2) is 9.78 Å². The zero-order chi connectivity index (χ0) is 21.4. The zero-order valence-corrected chi connectivity index (χ0v) is 17.1. The molecule has 0 radical (unpaired) electrons. The van der Waals surface area contributed by atoms with Gasteiger partial charge in [-0.1, -0.05) is 30.3 Å². The maximum absolute atomic E-state index is 11.5. The zero-order valence-electron chi connectivity index (χ0n) is 17.1. The molecule has 31 heavy (non-hydrogen) atoms. The van der Waals surface area contributed by atoms with Gasteiger partial charge in [0.15, 0.2) is 11.3 Å². The van der Waals surface area contributed by atoms with Gasteiger partial charge in [-0.2, -0.15) is 5.10 Å². The number of benzene rings is 2. The first kappa shape index (κ1) is 19.3. The van der Waals surface area contributed by atoms with E-state index in [1.807, 2.05) is 6.07 Å². The summed E-state index contributed by atoms with van der Waals surface area (Å²) in [5.74, 6) is -1.06. The monoisotopic (exact) mass is 414 g/mol. The molecular weight excluding hydrogens is 392 g/mol. The van der Waals surface area contributed by atoms with Crippen LogP contribution in [0.15, 0.2) is 54.7 Å². The van der Waals surface area contributed by atoms with Gasteiger partial charge in [-0.05, 0) is 52.9 Å². The Hall–Kier alpha value is -3.71. The number of anilines is 1. The Morgan fingerprint density at radius 2 is 1.77 bits per heavy atom. The van der Waals surface area contributed by atoms with Crippen molar-refractivity contribution in [2.45, 2.75) is 6.92 Å². The number of morpholine rings is 1. The van der Waals surface area contributed by atoms with Crippen LogP contribution in [-0.4, -0.2) is 52.6 Å². The van der Waals surface area contributed by atoms with Crippen molar-refractivity contribution in [3.05, 3.63) is 66.0 Å². The molecule has 1 aliphatic rings. The van der Waals surface area contributed by atoms with Crippen molar-refractivity contribution in [3.63, 3.8) is 0 Å². The molecule has 0 unspecified atom stereocenters. The van der Waals surface area contributed by atoms with Crippen LogP contribution < -0.4 is 4.90 Å². The molecule has 3 heterocycles. The number of aromatic nitrogens is 3. The highest BCUT2D eigenvalue weighted by molar-refractivity contribution is 5.98. The van der Waals surface area contributed by atoms with Gasteiger partial charge in [-0.15, -0.1) is 0 Å². The Bertz CT molecular complexity index is 1260. The number of carboxylic acids is 1. The number of fused-ring (bicyclic) bond motifs is 1. The lowest BCUT2D eigenvalue weighted by molar-refractivity contribution is 0.0691. The highest BCUT2D eigenvalue weighted by Gasteiger charge is 2.15. The fourth-order valence-electron chi connectivity index (χ4n) is 4.11. The normalized spacial score (nSPS) is 14.2. The standard InChI is InChI=1S/C24H22N4O3/c1-15-12-17(20-13-22(24(29)30)26-23-21(20)14-25-27-23)4-7-19(15)16-2-5-18(6-3-16)28-8-10-31-11-9-28/h2-7,12-14H,8-11H2,1H3,(H,29,30)(H,25,26,27). The second-order valence-corrected chi connectivity index (χ2v) is 7.67. The van der Waals surface area contributed by atoms with E-state index in [1.54, 1.807) is 12.3 Å². The summed E-state index contributed by atoms with van der Waals surface area (Å²) in [5, 5.41) is 17.0. The third kappa shape index (κ3) is 3.64. The molecule has 0 bridgehead atoms. The molecule has 0 aliphatic carbocycles. The summed E-state index contributed by atoms with van der Waals surface area (Å²) in [6, 6.07) is 16.4. The molecule has 1 aliphatic heterocycles. The smallest absolute Gasteiger partial charge is 0.354 e. The summed E-state index contributed by atoms with van der Waals surface area (Å²) in [6.07, 6.45) is 1.68. The molecular formula is C24H22N4O3. The van der Waals surface area contributed by atoms with E-state index in [2.05, 4.69) is 63.4 Å². The van der Waals surface area contributed by atoms with E-state index in [0.717, 1.165) is 59.5 Å². The summed E-state index contributed by atoms with van der Waals surface area (Å²) in [4.78, 5) is 18.0. The minimum atomic E-state index is -1.06. The maximum Gasteiger partial charge on any atom is 0.354 e. The number of carboxylic acid groups (broad SMARTS) is 1. The molecule has 7 heteroatoms. The average Bonchev–Trinajstić information content (AvgIpc) is 3.28. The lowest BCUT2D eigenvalue weighted by atomic mass is 9.94. The first-order valence-corrected chi connectivity index (χ1v) is 10.2. The number of pyridine rings is 1. The number of rotatable bonds is 4. The first-order valence-electron chi connectivity index (χ1n) is 10.2. The number of aryl methyl sites for hydroxylation is 1. The molecule has 2 aromatic carbocycles. The van der Waals surface area contributed by atoms with Crippen LogP contribution in [0.1, 0.15) is 16.1 Å². The summed E-state index contributed by atoms with van der Waals surface area (Å²) in [7, 11) is 0. The SMILES string of the molecule is Cc1cc(-c2cc(C(=O)O)nc3[nH]ncc23)ccc1-c1ccc(N2CCOCC2)cc1. The molecule has 1 fully saturated rings. The molecule has 5 rings (SSSR count). The quantitative estimate of drug-likeness (QED) is 0.522. The highest BCUT2D eigenvalue weighted by atomic mass is 16.5. The van der Waals surface area contributed by atoms with Gasteiger partial charge in [0, 0.05) is 24.2 Å². The third-order valence-electron chi connectivity index (χ3n) is 5.73. The third-order valence-corrected chi connectivity index (χ3v) is 5.73. The topological polar surface area (TPSA) is 91.3 Å². The van der Waals surface area contributed by atoms with Gasteiger partial charge in [0.05, 0.1) is 19.4 Å². The Labute approximate surface area is 179 Å². The van der Waals surface area contributed by atoms with E-state index in [4.69, 9.17) is 4.74 Å². The van der Waals surface area contributed by atoms with Crippen molar-refractivity contribution < 1.29 is 14.6 Å². The fourth-order valence-corrected chi connectivity index (χ4v) is 4.11. The van der Waals surface area contributed by atoms with Crippen LogP contribution in [0.3, 0.4) is 0 Å². The van der Waals surface area contributed by atoms with Gasteiger partial charge in [0.2, 0.25) is 0 Å². The van der Waals surface area contributed by atoms with E-state index in [0.29, 0.717) is 5.65 Å². The molecule has 4 aromatic rings. The van der Waals surface area contributed by atoms with E-state index in [1.165, 1.54) is 5.69 Å². The van der Waals surface area contributed by atoms with Crippen LogP contribution in [0.25, 0.3) is 33.3 Å². The molecule has 0 spiro atoms. The minimum absolute atomic E-state index is 0.00724. The molecule has 156 valence electrons. The molecule has 1 saturated heterocycles. The number of nitrogens with one attached hydrogen (secondary N) is 1. The second kappa shape index (κ2) is 7.85. The Kier molecular flexibility index (Phi) is 4.88. The fraction of sp³-hybridized carbons (Fsp3) is 0.208. The Morgan fingerprint density at radius 3 is 2.48 bits per heavy atom. The Morgan fingerprint density at radius 1 is 1.03 bits per heavy atom. The highest BCUT2D eigenvalue weighted by Crippen LogP contribution is 2.33. The number of ether oxygens (including phenoxy) is 1. The van der Waals surface area contributed by atoms with Crippen molar-refractivity contribution in [2.24, 2.45) is 0 Å². The van der Waals surface area contributed by atoms with Crippen molar-refractivity contribution >= 4 is 22.7 Å². The van der Waals surface area contributed by atoms with Crippen LogP contribution in [0.2, 0.25) is 0 Å². The number of aromatic carboxylic acids is 1. The maximum atomic E-state index is 11.5. The van der Waals surface area contributed by atoms with Crippen LogP contribution in [0, 0.1) is 6.92 Å². The van der Waals surface area contributed by atoms with Gasteiger partial charge in [0.25, 0.3) is 0 Å². The summed E-state index contributed by atoms with van der Waals surface area (Å²) < 4.78 is 5.44. The first-order chi connectivity index (χ1) is 15.1. The van der Waals surface area contributed by atoms with Crippen molar-refractivity contribution in [3.8, 4) is 22.3 Å². The van der Waals surface area contributed by atoms with Gasteiger partial charge < -0.3 is 14.7 Å². The van der Waals surface area contributed by atoms with E-state index in [9.17, 15) is 9.90 Å². The van der Waals surface area contributed by atoms with Gasteiger partial charge in [-0.3, -0.25) is 5.10 Å².